The third-order valence-corrected chi connectivity index (χ3v) is 10.8. The third kappa shape index (κ3) is 4.74. The molecule has 1 aromatic carbocycles. The minimum Gasteiger partial charge on any atom is -0.432 e. The molecule has 4 atom stereocenters. The molecule has 2 aromatic rings. The summed E-state index contributed by atoms with van der Waals surface area (Å²) in [6.45, 7) is 12.0. The van der Waals surface area contributed by atoms with Crippen molar-refractivity contribution in [2.24, 2.45) is 5.92 Å². The molecule has 4 heterocycles. The zero-order valence-electron chi connectivity index (χ0n) is 22.8. The first kappa shape index (κ1) is 27.7. The SMILES string of the molecule is C=CCN1C(=O)[C@@]2(O[C@@H](CCn3cc(CCO)nn3)[C@H]([Si](C)(C)O)[C@H]2C)c2cc(N3CCNCC3=O)ccc21. The van der Waals surface area contributed by atoms with Crippen molar-refractivity contribution < 1.29 is 24.2 Å². The first-order valence-electron chi connectivity index (χ1n) is 13.6. The molecule has 0 bridgehead atoms. The molecule has 3 aliphatic heterocycles. The molecule has 11 nitrogen and oxygen atoms in total. The van der Waals surface area contributed by atoms with E-state index in [1.807, 2.05) is 38.2 Å². The first-order valence-corrected chi connectivity index (χ1v) is 16.6. The zero-order chi connectivity index (χ0) is 27.9. The number of piperazine rings is 1. The van der Waals surface area contributed by atoms with E-state index in [2.05, 4.69) is 22.2 Å². The number of anilines is 2. The molecule has 2 saturated heterocycles. The molecule has 0 saturated carbocycles. The summed E-state index contributed by atoms with van der Waals surface area (Å²) in [5.74, 6) is -0.480. The zero-order valence-corrected chi connectivity index (χ0v) is 23.8. The molecule has 3 N–H and O–H groups in total. The van der Waals surface area contributed by atoms with Gasteiger partial charge in [0, 0.05) is 68.1 Å². The van der Waals surface area contributed by atoms with Crippen LogP contribution in [0.4, 0.5) is 11.4 Å². The Balaban J connectivity index is 1.53. The Kier molecular flexibility index (Phi) is 7.50. The highest BCUT2D eigenvalue weighted by molar-refractivity contribution is 6.71. The second-order valence-corrected chi connectivity index (χ2v) is 15.2. The van der Waals surface area contributed by atoms with Gasteiger partial charge in [0.15, 0.2) is 13.9 Å². The molecule has 39 heavy (non-hydrogen) atoms. The molecule has 2 amide bonds. The van der Waals surface area contributed by atoms with Crippen molar-refractivity contribution in [1.29, 1.82) is 0 Å². The van der Waals surface area contributed by atoms with E-state index in [-0.39, 0.29) is 42.5 Å². The van der Waals surface area contributed by atoms with Gasteiger partial charge in [-0.15, -0.1) is 11.7 Å². The molecule has 0 unspecified atom stereocenters. The van der Waals surface area contributed by atoms with Gasteiger partial charge in [0.25, 0.3) is 5.91 Å². The van der Waals surface area contributed by atoms with Crippen molar-refractivity contribution >= 4 is 31.5 Å². The lowest BCUT2D eigenvalue weighted by Crippen LogP contribution is -2.48. The van der Waals surface area contributed by atoms with E-state index in [0.717, 1.165) is 16.9 Å². The molecule has 0 aliphatic carbocycles. The van der Waals surface area contributed by atoms with Crippen molar-refractivity contribution in [1.82, 2.24) is 20.3 Å². The molecule has 5 rings (SSSR count). The van der Waals surface area contributed by atoms with Gasteiger partial charge >= 0.3 is 0 Å². The molecule has 12 heteroatoms. The molecule has 2 fully saturated rings. The normalized spacial score (nSPS) is 27.1. The quantitative estimate of drug-likeness (QED) is 0.311. The minimum atomic E-state index is -2.80. The summed E-state index contributed by atoms with van der Waals surface area (Å²) in [7, 11) is -2.80. The fourth-order valence-corrected chi connectivity index (χ4v) is 9.23. The number of nitrogens with zero attached hydrogens (tertiary/aromatic N) is 5. The number of nitrogens with one attached hydrogen (secondary N) is 1. The maximum absolute atomic E-state index is 14.3. The Morgan fingerprint density at radius 1 is 1.33 bits per heavy atom. The third-order valence-electron chi connectivity index (χ3n) is 8.28. The summed E-state index contributed by atoms with van der Waals surface area (Å²) in [5.41, 5.74) is 1.43. The molecule has 1 aromatic heterocycles. The van der Waals surface area contributed by atoms with Gasteiger partial charge in [-0.25, -0.2) is 0 Å². The Hall–Kier alpha value is -2.90. The smallest absolute Gasteiger partial charge is 0.264 e. The molecule has 3 aliphatic rings. The number of aliphatic hydroxyl groups is 1. The largest absolute Gasteiger partial charge is 0.432 e. The number of ether oxygens (including phenoxy) is 1. The maximum atomic E-state index is 14.3. The van der Waals surface area contributed by atoms with Crippen LogP contribution in [-0.2, 0) is 32.9 Å². The van der Waals surface area contributed by atoms with Gasteiger partial charge in [-0.05, 0) is 37.7 Å². The van der Waals surface area contributed by atoms with E-state index in [9.17, 15) is 19.5 Å². The number of amides is 2. The Morgan fingerprint density at radius 3 is 2.82 bits per heavy atom. The highest BCUT2D eigenvalue weighted by Gasteiger charge is 2.66. The number of aryl methyl sites for hydroxylation is 1. The summed E-state index contributed by atoms with van der Waals surface area (Å²) in [4.78, 5) is 41.9. The summed E-state index contributed by atoms with van der Waals surface area (Å²) in [5, 5.41) is 20.6. The average molecular weight is 555 g/mol. The summed E-state index contributed by atoms with van der Waals surface area (Å²) >= 11 is 0. The van der Waals surface area contributed by atoms with E-state index in [1.165, 1.54) is 0 Å². The van der Waals surface area contributed by atoms with Crippen LogP contribution in [0.5, 0.6) is 0 Å². The van der Waals surface area contributed by atoms with Crippen LogP contribution in [0.1, 0.15) is 24.6 Å². The summed E-state index contributed by atoms with van der Waals surface area (Å²) in [6.07, 6.45) is 4.08. The molecular formula is C27H38N6O5Si. The number of aromatic nitrogens is 3. The number of carbonyl (C=O) groups is 2. The standard InChI is InChI=1S/C27H38N6O5Si/c1-5-11-33-22-7-6-20(32-13-10-28-16-24(32)35)15-21(22)27(26(33)36)18(2)25(39(3,4)37)23(38-27)8-12-31-17-19(9-14-34)29-30-31/h5-7,15,17-18,23,25,28,34,37H,1,8-14,16H2,2-4H3/t18-,23+,25-,27+/m1/s1. The number of rotatable bonds is 9. The summed E-state index contributed by atoms with van der Waals surface area (Å²) in [6, 6.07) is 5.71. The van der Waals surface area contributed by atoms with Crippen molar-refractivity contribution in [2.45, 2.75) is 56.7 Å². The van der Waals surface area contributed by atoms with E-state index in [0.29, 0.717) is 44.7 Å². The Labute approximate surface area is 229 Å². The van der Waals surface area contributed by atoms with E-state index in [4.69, 9.17) is 4.74 Å². The second-order valence-electron chi connectivity index (χ2n) is 11.2. The Bertz CT molecular complexity index is 1260. The minimum absolute atomic E-state index is 0.00109. The van der Waals surface area contributed by atoms with Crippen LogP contribution in [0.25, 0.3) is 0 Å². The summed E-state index contributed by atoms with van der Waals surface area (Å²) < 4.78 is 8.57. The monoisotopic (exact) mass is 554 g/mol. The van der Waals surface area contributed by atoms with Crippen LogP contribution in [-0.4, -0.2) is 83.9 Å². The van der Waals surface area contributed by atoms with Crippen LogP contribution in [0.15, 0.2) is 37.1 Å². The first-order chi connectivity index (χ1) is 18.6. The lowest BCUT2D eigenvalue weighted by Gasteiger charge is -2.33. The Morgan fingerprint density at radius 2 is 2.13 bits per heavy atom. The highest BCUT2D eigenvalue weighted by Crippen LogP contribution is 2.60. The van der Waals surface area contributed by atoms with Gasteiger partial charge in [-0.3, -0.25) is 14.3 Å². The number of aliphatic hydroxyl groups excluding tert-OH is 1. The molecule has 1 spiro atoms. The van der Waals surface area contributed by atoms with Crippen LogP contribution < -0.4 is 15.1 Å². The van der Waals surface area contributed by atoms with Crippen molar-refractivity contribution in [3.8, 4) is 0 Å². The van der Waals surface area contributed by atoms with Crippen LogP contribution in [0, 0.1) is 5.92 Å². The lowest BCUT2D eigenvalue weighted by molar-refractivity contribution is -0.145. The number of carbonyl (C=O) groups excluding carboxylic acids is 2. The van der Waals surface area contributed by atoms with E-state index >= 15 is 0 Å². The van der Waals surface area contributed by atoms with Crippen molar-refractivity contribution in [3.05, 3.63) is 48.3 Å². The molecule has 0 radical (unpaired) electrons. The predicted octanol–water partition coefficient (Wildman–Crippen LogP) is 1.17. The fourth-order valence-electron chi connectivity index (χ4n) is 6.63. The van der Waals surface area contributed by atoms with Gasteiger partial charge in [0.2, 0.25) is 5.91 Å². The van der Waals surface area contributed by atoms with Gasteiger partial charge in [-0.1, -0.05) is 18.2 Å². The van der Waals surface area contributed by atoms with Crippen molar-refractivity contribution in [2.75, 3.05) is 42.6 Å². The van der Waals surface area contributed by atoms with E-state index < -0.39 is 13.9 Å². The second kappa shape index (κ2) is 10.6. The van der Waals surface area contributed by atoms with Crippen molar-refractivity contribution in [3.63, 3.8) is 0 Å². The number of benzene rings is 1. The maximum Gasteiger partial charge on any atom is 0.264 e. The average Bonchev–Trinajstić information content (AvgIpc) is 3.53. The molecular weight excluding hydrogens is 516 g/mol. The van der Waals surface area contributed by atoms with Gasteiger partial charge in [-0.2, -0.15) is 0 Å². The van der Waals surface area contributed by atoms with Crippen LogP contribution in [0.3, 0.4) is 0 Å². The number of hydrogen-bond donors (Lipinski definition) is 3. The van der Waals surface area contributed by atoms with Crippen LogP contribution >= 0.6 is 0 Å². The fraction of sp³-hybridized carbons (Fsp3) is 0.556. The topological polar surface area (TPSA) is 133 Å². The lowest BCUT2D eigenvalue weighted by atomic mass is 9.82. The highest BCUT2D eigenvalue weighted by atomic mass is 28.4. The van der Waals surface area contributed by atoms with E-state index in [1.54, 1.807) is 26.8 Å². The predicted molar refractivity (Wildman–Crippen MR) is 149 cm³/mol. The number of fused-ring (bicyclic) bond motifs is 2. The molecule has 210 valence electrons. The number of hydrogen-bond acceptors (Lipinski definition) is 8. The van der Waals surface area contributed by atoms with Gasteiger partial charge in [0.05, 0.1) is 24.0 Å². The van der Waals surface area contributed by atoms with Crippen LogP contribution in [0.2, 0.25) is 18.6 Å². The van der Waals surface area contributed by atoms with Gasteiger partial charge < -0.3 is 29.8 Å². The van der Waals surface area contributed by atoms with Gasteiger partial charge in [0.1, 0.15) is 0 Å².